The summed E-state index contributed by atoms with van der Waals surface area (Å²) in [5.41, 5.74) is 3.31. The molecule has 0 spiro atoms. The first kappa shape index (κ1) is 20.3. The van der Waals surface area contributed by atoms with Gasteiger partial charge in [-0.3, -0.25) is 9.58 Å². The molecule has 0 amide bonds. The highest BCUT2D eigenvalue weighted by atomic mass is 35.5. The fourth-order valence-electron chi connectivity index (χ4n) is 4.76. The van der Waals surface area contributed by atoms with Gasteiger partial charge in [-0.05, 0) is 49.9 Å². The van der Waals surface area contributed by atoms with Crippen LogP contribution in [0.1, 0.15) is 22.9 Å². The summed E-state index contributed by atoms with van der Waals surface area (Å²) in [5.74, 6) is 0.693. The fraction of sp³-hybridized carbons (Fsp3) is 0.526. The summed E-state index contributed by atoms with van der Waals surface area (Å²) >= 11 is 0. The first-order valence-electron chi connectivity index (χ1n) is 9.05. The van der Waals surface area contributed by atoms with Crippen molar-refractivity contribution in [2.24, 2.45) is 18.9 Å². The van der Waals surface area contributed by atoms with Gasteiger partial charge in [0, 0.05) is 32.7 Å². The van der Waals surface area contributed by atoms with Gasteiger partial charge < -0.3 is 0 Å². The maximum atomic E-state index is 13.1. The molecule has 6 nitrogen and oxygen atoms in total. The molecule has 2 aliphatic heterocycles. The highest BCUT2D eigenvalue weighted by Crippen LogP contribution is 2.45. The van der Waals surface area contributed by atoms with Crippen LogP contribution in [0.4, 0.5) is 0 Å². The van der Waals surface area contributed by atoms with Crippen molar-refractivity contribution in [3.05, 3.63) is 47.2 Å². The number of sulfonamides is 1. The Morgan fingerprint density at radius 2 is 1.78 bits per heavy atom. The van der Waals surface area contributed by atoms with Gasteiger partial charge in [0.1, 0.15) is 0 Å². The van der Waals surface area contributed by atoms with E-state index in [9.17, 15) is 8.42 Å². The van der Waals surface area contributed by atoms with E-state index in [0.717, 1.165) is 12.2 Å². The molecule has 1 aromatic carbocycles. The van der Waals surface area contributed by atoms with Crippen LogP contribution in [0.3, 0.4) is 0 Å². The third kappa shape index (κ3) is 3.31. The minimum atomic E-state index is -3.51. The van der Waals surface area contributed by atoms with Gasteiger partial charge in [0.25, 0.3) is 10.0 Å². The number of benzene rings is 1. The topological polar surface area (TPSA) is 58.4 Å². The number of aromatic nitrogens is 2. The SMILES string of the molecule is Cc1cc(S(=O)(=O)N2C[C@@H]3CN(C)[C@@H](c4ccccc4C)[C@@H]3C2)n(C)n1.Cl. The van der Waals surface area contributed by atoms with E-state index in [0.29, 0.717) is 24.9 Å². The molecule has 148 valence electrons. The van der Waals surface area contributed by atoms with E-state index >= 15 is 0 Å². The second-order valence-corrected chi connectivity index (χ2v) is 9.62. The summed E-state index contributed by atoms with van der Waals surface area (Å²) in [6.45, 7) is 6.05. The number of likely N-dealkylation sites (tertiary alicyclic amines) is 1. The average Bonchev–Trinajstić information content (AvgIpc) is 3.21. The predicted octanol–water partition coefficient (Wildman–Crippen LogP) is 2.38. The monoisotopic (exact) mass is 410 g/mol. The Kier molecular flexibility index (Phi) is 5.42. The van der Waals surface area contributed by atoms with Crippen LogP contribution in [0, 0.1) is 25.7 Å². The fourth-order valence-corrected chi connectivity index (χ4v) is 6.48. The molecular weight excluding hydrogens is 384 g/mol. The van der Waals surface area contributed by atoms with Gasteiger partial charge in [-0.25, -0.2) is 8.42 Å². The number of halogens is 1. The molecule has 0 N–H and O–H groups in total. The molecule has 3 atom stereocenters. The molecule has 2 aromatic rings. The van der Waals surface area contributed by atoms with E-state index in [1.807, 2.05) is 6.92 Å². The van der Waals surface area contributed by atoms with Crippen molar-refractivity contribution in [3.63, 3.8) is 0 Å². The molecule has 0 bridgehead atoms. The van der Waals surface area contributed by atoms with Crippen LogP contribution in [0.5, 0.6) is 0 Å². The maximum Gasteiger partial charge on any atom is 0.260 e. The Morgan fingerprint density at radius 1 is 1.07 bits per heavy atom. The van der Waals surface area contributed by atoms with Gasteiger partial charge in [-0.15, -0.1) is 12.4 Å². The first-order valence-corrected chi connectivity index (χ1v) is 10.5. The summed E-state index contributed by atoms with van der Waals surface area (Å²) < 4.78 is 29.4. The number of aryl methyl sites for hydroxylation is 3. The molecule has 2 fully saturated rings. The number of hydrogen-bond acceptors (Lipinski definition) is 4. The number of hydrogen-bond donors (Lipinski definition) is 0. The van der Waals surface area contributed by atoms with Crippen molar-refractivity contribution in [3.8, 4) is 0 Å². The zero-order valence-corrected chi connectivity index (χ0v) is 17.8. The lowest BCUT2D eigenvalue weighted by Crippen LogP contribution is -2.34. The minimum absolute atomic E-state index is 0. The molecule has 27 heavy (non-hydrogen) atoms. The molecule has 0 aliphatic carbocycles. The van der Waals surface area contributed by atoms with Crippen LogP contribution < -0.4 is 0 Å². The van der Waals surface area contributed by atoms with Crippen molar-refractivity contribution >= 4 is 22.4 Å². The van der Waals surface area contributed by atoms with E-state index in [-0.39, 0.29) is 23.5 Å². The Labute approximate surface area is 167 Å². The van der Waals surface area contributed by atoms with Crippen molar-refractivity contribution < 1.29 is 8.42 Å². The highest BCUT2D eigenvalue weighted by Gasteiger charge is 2.49. The zero-order valence-electron chi connectivity index (χ0n) is 16.2. The van der Waals surface area contributed by atoms with Crippen LogP contribution in [0.25, 0.3) is 0 Å². The summed E-state index contributed by atoms with van der Waals surface area (Å²) in [4.78, 5) is 2.38. The van der Waals surface area contributed by atoms with Crippen molar-refractivity contribution in [1.82, 2.24) is 19.0 Å². The Balaban J connectivity index is 0.00000210. The summed E-state index contributed by atoms with van der Waals surface area (Å²) in [6, 6.07) is 10.4. The summed E-state index contributed by atoms with van der Waals surface area (Å²) in [5, 5.41) is 4.50. The van der Waals surface area contributed by atoms with Gasteiger partial charge in [-0.2, -0.15) is 9.40 Å². The average molecular weight is 411 g/mol. The molecule has 4 rings (SSSR count). The molecule has 0 saturated carbocycles. The lowest BCUT2D eigenvalue weighted by molar-refractivity contribution is 0.260. The van der Waals surface area contributed by atoms with Crippen LogP contribution in [0.2, 0.25) is 0 Å². The van der Waals surface area contributed by atoms with Gasteiger partial charge in [0.2, 0.25) is 0 Å². The number of rotatable bonds is 3. The van der Waals surface area contributed by atoms with Gasteiger partial charge in [-0.1, -0.05) is 24.3 Å². The Bertz CT molecular complexity index is 943. The standard InChI is InChI=1S/C19H26N4O2S.ClH/c1-13-7-5-6-8-16(13)19-17-12-23(11-15(17)10-21(19)3)26(24,25)18-9-14(2)20-22(18)4;/h5-9,15,17,19H,10-12H2,1-4H3;1H/t15-,17+,19-;/m0./s1. The van der Waals surface area contributed by atoms with E-state index in [2.05, 4.69) is 48.2 Å². The summed E-state index contributed by atoms with van der Waals surface area (Å²) in [7, 11) is 0.338. The molecule has 0 radical (unpaired) electrons. The molecule has 3 heterocycles. The van der Waals surface area contributed by atoms with Crippen molar-refractivity contribution in [1.29, 1.82) is 0 Å². The van der Waals surface area contributed by atoms with Crippen LogP contribution in [-0.2, 0) is 17.1 Å². The molecule has 2 saturated heterocycles. The largest absolute Gasteiger partial charge is 0.299 e. The lowest BCUT2D eigenvalue weighted by Gasteiger charge is -2.27. The third-order valence-corrected chi connectivity index (χ3v) is 7.82. The second kappa shape index (κ2) is 7.20. The molecular formula is C19H27ClN4O2S. The van der Waals surface area contributed by atoms with Crippen LogP contribution >= 0.6 is 12.4 Å². The Hall–Kier alpha value is -1.41. The van der Waals surface area contributed by atoms with Crippen LogP contribution in [0.15, 0.2) is 35.4 Å². The lowest BCUT2D eigenvalue weighted by atomic mass is 9.88. The second-order valence-electron chi connectivity index (χ2n) is 7.73. The first-order chi connectivity index (χ1) is 12.3. The smallest absolute Gasteiger partial charge is 0.260 e. The molecule has 1 aromatic heterocycles. The summed E-state index contributed by atoms with van der Waals surface area (Å²) in [6.07, 6.45) is 0. The van der Waals surface area contributed by atoms with E-state index in [4.69, 9.17) is 0 Å². The van der Waals surface area contributed by atoms with Gasteiger partial charge in [0.05, 0.1) is 5.69 Å². The zero-order chi connectivity index (χ0) is 18.6. The maximum absolute atomic E-state index is 13.1. The van der Waals surface area contributed by atoms with E-state index < -0.39 is 10.0 Å². The van der Waals surface area contributed by atoms with E-state index in [1.54, 1.807) is 17.4 Å². The quantitative estimate of drug-likeness (QED) is 0.779. The molecule has 8 heteroatoms. The minimum Gasteiger partial charge on any atom is -0.299 e. The molecule has 2 aliphatic rings. The van der Waals surface area contributed by atoms with Gasteiger partial charge in [0.15, 0.2) is 5.03 Å². The third-order valence-electron chi connectivity index (χ3n) is 5.93. The molecule has 0 unspecified atom stereocenters. The van der Waals surface area contributed by atoms with Crippen molar-refractivity contribution in [2.75, 3.05) is 26.7 Å². The Morgan fingerprint density at radius 3 is 2.41 bits per heavy atom. The van der Waals surface area contributed by atoms with Crippen molar-refractivity contribution in [2.45, 2.75) is 24.9 Å². The number of fused-ring (bicyclic) bond motifs is 1. The number of nitrogens with zero attached hydrogens (tertiary/aromatic N) is 4. The predicted molar refractivity (Wildman–Crippen MR) is 107 cm³/mol. The normalized spacial score (nSPS) is 26.1. The van der Waals surface area contributed by atoms with E-state index in [1.165, 1.54) is 15.8 Å². The highest BCUT2D eigenvalue weighted by molar-refractivity contribution is 7.89. The van der Waals surface area contributed by atoms with Gasteiger partial charge >= 0.3 is 0 Å². The van der Waals surface area contributed by atoms with Crippen LogP contribution in [-0.4, -0.2) is 54.1 Å².